The molecule has 0 rings (SSSR count). The largest absolute Gasteiger partial charge is 0 e. The van der Waals surface area contributed by atoms with Gasteiger partial charge in [-0.3, -0.25) is 0 Å². The molecule has 0 aromatic carbocycles. The van der Waals surface area contributed by atoms with Gasteiger partial charge in [0.25, 0.3) is 0 Å². The molecule has 0 aromatic heterocycles. The van der Waals surface area contributed by atoms with E-state index in [1.165, 1.54) is 0 Å². The molecule has 0 aliphatic rings. The maximum absolute atomic E-state index is 0. The van der Waals surface area contributed by atoms with Crippen LogP contribution >= 0.6 is 0 Å². The van der Waals surface area contributed by atoms with Gasteiger partial charge in [0.1, 0.15) is 0 Å². The van der Waals surface area contributed by atoms with E-state index in [0.29, 0.717) is 0 Å². The maximum Gasteiger partial charge on any atom is 0 e. The molecule has 0 N–H and O–H groups in total. The van der Waals surface area contributed by atoms with E-state index >= 15 is 0 Å². The van der Waals surface area contributed by atoms with E-state index < -0.39 is 0 Å². The Bertz CT molecular complexity index is 13.5. The second-order valence-electron chi connectivity index (χ2n) is 0. The van der Waals surface area contributed by atoms with Crippen LogP contribution in [0.5, 0.6) is 0 Å². The molecule has 0 aliphatic carbocycles. The smallest absolute Gasteiger partial charge is 0 e. The van der Waals surface area contributed by atoms with E-state index in [-0.39, 0.29) is 125 Å². The van der Waals surface area contributed by atoms with Gasteiger partial charge >= 0.3 is 0 Å². The molecule has 6 radical (unpaired) electrons. The number of hydrogen-bond donors (Lipinski definition) is 0. The van der Waals surface area contributed by atoms with Crippen molar-refractivity contribution in [1.82, 2.24) is 0 Å². The molecule has 0 saturated heterocycles. The van der Waals surface area contributed by atoms with Gasteiger partial charge in [-0.15, -0.1) is 0 Å². The molecule has 40 valence electrons. The van der Waals surface area contributed by atoms with Crippen LogP contribution in [0, 0.1) is 0 Å². The van der Waals surface area contributed by atoms with Crippen LogP contribution in [-0.4, -0.2) is 37.7 Å². The zero-order valence-corrected chi connectivity index (χ0v) is 12.1. The summed E-state index contributed by atoms with van der Waals surface area (Å²) in [5.41, 5.74) is 0. The summed E-state index contributed by atoms with van der Waals surface area (Å²) in [7, 11) is 0. The van der Waals surface area contributed by atoms with Crippen molar-refractivity contribution < 1.29 is 87.2 Å². The first-order chi connectivity index (χ1) is 0. The molecule has 0 unspecified atom stereocenters. The minimum absolute atomic E-state index is 0. The van der Waals surface area contributed by atoms with Gasteiger partial charge in [-0.05, 0) is 0 Å². The summed E-state index contributed by atoms with van der Waals surface area (Å²) in [6.07, 6.45) is 0. The Balaban J connectivity index is 0. The first kappa shape index (κ1) is 51.2. The predicted molar refractivity (Wildman–Crippen MR) is 5.75 cm³/mol. The van der Waals surface area contributed by atoms with E-state index in [4.69, 9.17) is 0 Å². The van der Waals surface area contributed by atoms with E-state index in [0.717, 1.165) is 0 Å². The molecular weight excluding hydrogens is 342 g/mol. The van der Waals surface area contributed by atoms with Crippen molar-refractivity contribution in [3.8, 4) is 0 Å². The molecule has 0 heterocycles. The second kappa shape index (κ2) is 36.3. The van der Waals surface area contributed by atoms with Crippen molar-refractivity contribution in [2.75, 3.05) is 0 Å². The zero-order valence-electron chi connectivity index (χ0n) is 2.76. The van der Waals surface area contributed by atoms with Gasteiger partial charge in [0, 0.05) is 125 Å². The van der Waals surface area contributed by atoms with Crippen LogP contribution in [0.4, 0.5) is 0 Å². The molecular formula is CaCo2CuMnZn. The van der Waals surface area contributed by atoms with Crippen LogP contribution < -0.4 is 0 Å². The van der Waals surface area contributed by atoms with E-state index in [1.807, 2.05) is 0 Å². The monoisotopic (exact) mass is 340 g/mol. The van der Waals surface area contributed by atoms with Gasteiger partial charge in [0.05, 0.1) is 0 Å². The molecule has 0 aromatic rings. The number of hydrogen-bond acceptors (Lipinski definition) is 0. The average Bonchev–Trinajstić information content (AvgIpc) is 0. The van der Waals surface area contributed by atoms with Gasteiger partial charge in [-0.2, -0.15) is 0 Å². The van der Waals surface area contributed by atoms with Crippen molar-refractivity contribution in [1.29, 1.82) is 0 Å². The summed E-state index contributed by atoms with van der Waals surface area (Å²) < 4.78 is 0. The number of rotatable bonds is 0. The minimum Gasteiger partial charge on any atom is 0 e. The molecule has 0 saturated carbocycles. The molecule has 6 heteroatoms. The Kier molecular flexibility index (Phi) is 310. The molecule has 6 heavy (non-hydrogen) atoms. The summed E-state index contributed by atoms with van der Waals surface area (Å²) in [5, 5.41) is 0. The third kappa shape index (κ3) is 24.6. The predicted octanol–water partition coefficient (Wildman–Crippen LogP) is -0.393. The van der Waals surface area contributed by atoms with Crippen LogP contribution in [-0.2, 0) is 87.2 Å². The van der Waals surface area contributed by atoms with Crippen molar-refractivity contribution in [3.05, 3.63) is 0 Å². The molecule has 0 atom stereocenters. The Labute approximate surface area is 122 Å². The molecule has 0 nitrogen and oxygen atoms in total. The first-order valence-electron chi connectivity index (χ1n) is 0. The summed E-state index contributed by atoms with van der Waals surface area (Å²) in [5.74, 6) is 0. The third-order valence-corrected chi connectivity index (χ3v) is 0. The fraction of sp³-hybridized carbons (Fsp3) is 0. The Morgan fingerprint density at radius 2 is 0.833 bits per heavy atom. The quantitative estimate of drug-likeness (QED) is 0.526. The summed E-state index contributed by atoms with van der Waals surface area (Å²) in [4.78, 5) is 0. The molecule has 0 amide bonds. The summed E-state index contributed by atoms with van der Waals surface area (Å²) >= 11 is 0. The SMILES string of the molecule is [Ca].[Co].[Co].[Cu].[Mn].[Zn]. The van der Waals surface area contributed by atoms with Crippen molar-refractivity contribution >= 4 is 37.7 Å². The molecule has 0 spiro atoms. The fourth-order valence-electron chi connectivity index (χ4n) is 0. The standard InChI is InChI=1S/Ca.2Co.Cu.Mn.Zn. The van der Waals surface area contributed by atoms with Gasteiger partial charge in [0.2, 0.25) is 0 Å². The Morgan fingerprint density at radius 3 is 0.833 bits per heavy atom. The fourth-order valence-corrected chi connectivity index (χ4v) is 0. The average molecular weight is 342 g/mol. The Morgan fingerprint density at radius 1 is 0.833 bits per heavy atom. The van der Waals surface area contributed by atoms with Crippen LogP contribution in [0.1, 0.15) is 0 Å². The second-order valence-corrected chi connectivity index (χ2v) is 0. The topological polar surface area (TPSA) is 0 Å². The van der Waals surface area contributed by atoms with Crippen LogP contribution in [0.15, 0.2) is 0 Å². The van der Waals surface area contributed by atoms with E-state index in [9.17, 15) is 0 Å². The van der Waals surface area contributed by atoms with Crippen LogP contribution in [0.2, 0.25) is 0 Å². The minimum atomic E-state index is 0. The molecule has 0 aliphatic heterocycles. The van der Waals surface area contributed by atoms with Crippen molar-refractivity contribution in [2.45, 2.75) is 0 Å². The zero-order chi connectivity index (χ0) is 0. The van der Waals surface area contributed by atoms with E-state index in [1.54, 1.807) is 0 Å². The first-order valence-corrected chi connectivity index (χ1v) is 0. The van der Waals surface area contributed by atoms with Gasteiger partial charge in [-0.1, -0.05) is 0 Å². The summed E-state index contributed by atoms with van der Waals surface area (Å²) in [6, 6.07) is 0. The molecule has 0 fully saturated rings. The normalized spacial score (nSPS) is 0. The Hall–Kier alpha value is 3.94. The van der Waals surface area contributed by atoms with Crippen molar-refractivity contribution in [3.63, 3.8) is 0 Å². The maximum atomic E-state index is 0. The van der Waals surface area contributed by atoms with Gasteiger partial charge in [0.15, 0.2) is 0 Å². The third-order valence-electron chi connectivity index (χ3n) is 0. The van der Waals surface area contributed by atoms with Crippen LogP contribution in [0.3, 0.4) is 0 Å². The summed E-state index contributed by atoms with van der Waals surface area (Å²) in [6.45, 7) is 0. The van der Waals surface area contributed by atoms with E-state index in [2.05, 4.69) is 0 Å². The van der Waals surface area contributed by atoms with Gasteiger partial charge in [-0.25, -0.2) is 0 Å². The van der Waals surface area contributed by atoms with Crippen molar-refractivity contribution in [2.24, 2.45) is 0 Å². The molecule has 0 bridgehead atoms. The van der Waals surface area contributed by atoms with Gasteiger partial charge < -0.3 is 0 Å². The van der Waals surface area contributed by atoms with Crippen LogP contribution in [0.25, 0.3) is 0 Å².